The summed E-state index contributed by atoms with van der Waals surface area (Å²) in [6, 6.07) is 5.17. The van der Waals surface area contributed by atoms with Gasteiger partial charge in [-0.3, -0.25) is 4.79 Å². The second kappa shape index (κ2) is 7.92. The predicted molar refractivity (Wildman–Crippen MR) is 94.8 cm³/mol. The minimum absolute atomic E-state index is 0.184. The molecule has 7 nitrogen and oxygen atoms in total. The first kappa shape index (κ1) is 17.1. The van der Waals surface area contributed by atoms with Gasteiger partial charge in [0.2, 0.25) is 11.8 Å². The number of ether oxygens (including phenoxy) is 1. The molecule has 25 heavy (non-hydrogen) atoms. The highest BCUT2D eigenvalue weighted by atomic mass is 16.5. The molecule has 2 aromatic heterocycles. The van der Waals surface area contributed by atoms with E-state index in [1.165, 1.54) is 26.4 Å². The molecule has 132 valence electrons. The van der Waals surface area contributed by atoms with Gasteiger partial charge in [0.05, 0.1) is 19.3 Å². The molecule has 0 aromatic carbocycles. The van der Waals surface area contributed by atoms with Gasteiger partial charge in [0.1, 0.15) is 0 Å². The van der Waals surface area contributed by atoms with E-state index in [4.69, 9.17) is 4.74 Å². The number of anilines is 1. The summed E-state index contributed by atoms with van der Waals surface area (Å²) in [5, 5.41) is 2.89. The van der Waals surface area contributed by atoms with E-state index in [0.717, 1.165) is 30.4 Å². The number of nitrogens with zero attached hydrogens (tertiary/aromatic N) is 4. The van der Waals surface area contributed by atoms with Crippen LogP contribution in [0.25, 0.3) is 0 Å². The van der Waals surface area contributed by atoms with Gasteiger partial charge in [0, 0.05) is 36.6 Å². The highest BCUT2D eigenvalue weighted by Gasteiger charge is 2.15. The summed E-state index contributed by atoms with van der Waals surface area (Å²) in [7, 11) is 1.52. The molecule has 0 radical (unpaired) electrons. The summed E-state index contributed by atoms with van der Waals surface area (Å²) in [5.41, 5.74) is 2.22. The Morgan fingerprint density at radius 1 is 1.24 bits per heavy atom. The van der Waals surface area contributed by atoms with Gasteiger partial charge in [0.15, 0.2) is 0 Å². The van der Waals surface area contributed by atoms with Crippen LogP contribution in [0.1, 0.15) is 41.0 Å². The zero-order valence-electron chi connectivity index (χ0n) is 14.7. The summed E-state index contributed by atoms with van der Waals surface area (Å²) < 4.78 is 5.05. The van der Waals surface area contributed by atoms with E-state index in [-0.39, 0.29) is 5.91 Å². The number of aryl methyl sites for hydroxylation is 1. The zero-order valence-corrected chi connectivity index (χ0v) is 14.7. The number of amides is 1. The van der Waals surface area contributed by atoms with Crippen LogP contribution in [0.15, 0.2) is 24.4 Å². The minimum Gasteiger partial charge on any atom is -0.481 e. The maximum Gasteiger partial charge on any atom is 0.251 e. The maximum absolute atomic E-state index is 12.3. The van der Waals surface area contributed by atoms with Crippen LogP contribution in [0.2, 0.25) is 0 Å². The number of methoxy groups -OCH3 is 1. The molecule has 0 atom stereocenters. The fourth-order valence-electron chi connectivity index (χ4n) is 2.88. The van der Waals surface area contributed by atoms with E-state index in [2.05, 4.69) is 25.2 Å². The molecule has 0 aliphatic carbocycles. The number of pyridine rings is 1. The van der Waals surface area contributed by atoms with Crippen LogP contribution in [0.5, 0.6) is 5.88 Å². The minimum atomic E-state index is -0.184. The fourth-order valence-corrected chi connectivity index (χ4v) is 2.88. The van der Waals surface area contributed by atoms with Gasteiger partial charge in [-0.05, 0) is 38.3 Å². The Morgan fingerprint density at radius 2 is 2.04 bits per heavy atom. The molecule has 3 rings (SSSR count). The molecule has 2 aromatic rings. The predicted octanol–water partition coefficient (Wildman–Crippen LogP) is 2.11. The molecule has 1 aliphatic rings. The van der Waals surface area contributed by atoms with E-state index in [0.29, 0.717) is 18.0 Å². The van der Waals surface area contributed by atoms with Crippen molar-refractivity contribution in [2.75, 3.05) is 25.1 Å². The van der Waals surface area contributed by atoms with E-state index in [9.17, 15) is 4.79 Å². The van der Waals surface area contributed by atoms with E-state index >= 15 is 0 Å². The van der Waals surface area contributed by atoms with E-state index in [1.54, 1.807) is 18.3 Å². The summed E-state index contributed by atoms with van der Waals surface area (Å²) in [5.74, 6) is 0.990. The molecule has 1 saturated heterocycles. The molecular formula is C18H23N5O2. The van der Waals surface area contributed by atoms with Crippen molar-refractivity contribution in [1.82, 2.24) is 20.3 Å². The fraction of sp³-hybridized carbons (Fsp3) is 0.444. The Morgan fingerprint density at radius 3 is 2.80 bits per heavy atom. The SMILES string of the molecule is COc1cc(C(=O)NCc2cc(C)nc(N3CCCCC3)n2)ccn1. The third-order valence-corrected chi connectivity index (χ3v) is 4.17. The molecule has 1 N–H and O–H groups in total. The number of piperidine rings is 1. The largest absolute Gasteiger partial charge is 0.481 e. The van der Waals surface area contributed by atoms with Gasteiger partial charge < -0.3 is 15.0 Å². The van der Waals surface area contributed by atoms with Crippen LogP contribution < -0.4 is 15.0 Å². The van der Waals surface area contributed by atoms with Gasteiger partial charge in [-0.2, -0.15) is 0 Å². The summed E-state index contributed by atoms with van der Waals surface area (Å²) in [4.78, 5) is 27.7. The van der Waals surface area contributed by atoms with Crippen molar-refractivity contribution in [3.05, 3.63) is 41.3 Å². The quantitative estimate of drug-likeness (QED) is 0.897. The van der Waals surface area contributed by atoms with Gasteiger partial charge in [-0.25, -0.2) is 15.0 Å². The van der Waals surface area contributed by atoms with Crippen LogP contribution in [-0.2, 0) is 6.54 Å². The van der Waals surface area contributed by atoms with Crippen LogP contribution in [0.4, 0.5) is 5.95 Å². The topological polar surface area (TPSA) is 80.2 Å². The molecule has 0 bridgehead atoms. The van der Waals surface area contributed by atoms with Gasteiger partial charge in [0.25, 0.3) is 5.91 Å². The molecule has 1 aliphatic heterocycles. The first-order valence-electron chi connectivity index (χ1n) is 8.53. The molecule has 7 heteroatoms. The Balaban J connectivity index is 1.67. The number of carbonyl (C=O) groups excluding carboxylic acids is 1. The zero-order chi connectivity index (χ0) is 17.6. The number of hydrogen-bond acceptors (Lipinski definition) is 6. The molecular weight excluding hydrogens is 318 g/mol. The van der Waals surface area contributed by atoms with Crippen LogP contribution in [0, 0.1) is 6.92 Å². The second-order valence-corrected chi connectivity index (χ2v) is 6.12. The number of nitrogens with one attached hydrogen (secondary N) is 1. The van der Waals surface area contributed by atoms with Crippen molar-refractivity contribution in [3.63, 3.8) is 0 Å². The third kappa shape index (κ3) is 4.43. The van der Waals surface area contributed by atoms with Crippen molar-refractivity contribution < 1.29 is 9.53 Å². The Bertz CT molecular complexity index is 744. The van der Waals surface area contributed by atoms with Crippen molar-refractivity contribution >= 4 is 11.9 Å². The van der Waals surface area contributed by atoms with Gasteiger partial charge in [-0.15, -0.1) is 0 Å². The molecule has 1 fully saturated rings. The summed E-state index contributed by atoms with van der Waals surface area (Å²) in [6.07, 6.45) is 5.16. The van der Waals surface area contributed by atoms with Crippen molar-refractivity contribution in [1.29, 1.82) is 0 Å². The summed E-state index contributed by atoms with van der Waals surface area (Å²) >= 11 is 0. The Hall–Kier alpha value is -2.70. The average molecular weight is 341 g/mol. The highest BCUT2D eigenvalue weighted by molar-refractivity contribution is 5.94. The van der Waals surface area contributed by atoms with Crippen LogP contribution in [-0.4, -0.2) is 41.1 Å². The standard InChI is InChI=1S/C18H23N5O2/c1-13-10-15(22-18(21-13)23-8-4-3-5-9-23)12-20-17(24)14-6-7-19-16(11-14)25-2/h6-7,10-11H,3-5,8-9,12H2,1-2H3,(H,20,24). The summed E-state index contributed by atoms with van der Waals surface area (Å²) in [6.45, 7) is 4.29. The Kier molecular flexibility index (Phi) is 5.42. The molecule has 1 amide bonds. The Labute approximate surface area is 147 Å². The lowest BCUT2D eigenvalue weighted by atomic mass is 10.1. The van der Waals surface area contributed by atoms with Gasteiger partial charge in [-0.1, -0.05) is 0 Å². The smallest absolute Gasteiger partial charge is 0.251 e. The van der Waals surface area contributed by atoms with E-state index < -0.39 is 0 Å². The lowest BCUT2D eigenvalue weighted by molar-refractivity contribution is 0.0950. The maximum atomic E-state index is 12.3. The number of aromatic nitrogens is 3. The van der Waals surface area contributed by atoms with Crippen LogP contribution >= 0.6 is 0 Å². The third-order valence-electron chi connectivity index (χ3n) is 4.17. The lowest BCUT2D eigenvalue weighted by Crippen LogP contribution is -2.32. The molecule has 3 heterocycles. The molecule has 0 spiro atoms. The van der Waals surface area contributed by atoms with Crippen molar-refractivity contribution in [3.8, 4) is 5.88 Å². The first-order valence-corrected chi connectivity index (χ1v) is 8.53. The van der Waals surface area contributed by atoms with Gasteiger partial charge >= 0.3 is 0 Å². The number of carbonyl (C=O) groups is 1. The first-order chi connectivity index (χ1) is 12.2. The van der Waals surface area contributed by atoms with Crippen molar-refractivity contribution in [2.24, 2.45) is 0 Å². The highest BCUT2D eigenvalue weighted by Crippen LogP contribution is 2.17. The number of rotatable bonds is 5. The van der Waals surface area contributed by atoms with Crippen LogP contribution in [0.3, 0.4) is 0 Å². The monoisotopic (exact) mass is 341 g/mol. The average Bonchev–Trinajstić information content (AvgIpc) is 2.66. The van der Waals surface area contributed by atoms with E-state index in [1.807, 2.05) is 13.0 Å². The normalized spacial score (nSPS) is 14.2. The number of hydrogen-bond donors (Lipinski definition) is 1. The second-order valence-electron chi connectivity index (χ2n) is 6.12. The van der Waals surface area contributed by atoms with Crippen molar-refractivity contribution in [2.45, 2.75) is 32.7 Å². The molecule has 0 unspecified atom stereocenters. The molecule has 0 saturated carbocycles. The lowest BCUT2D eigenvalue weighted by Gasteiger charge is -2.27.